The van der Waals surface area contributed by atoms with Gasteiger partial charge in [-0.05, 0) is 48.6 Å². The van der Waals surface area contributed by atoms with Crippen LogP contribution in [-0.2, 0) is 22.7 Å². The highest BCUT2D eigenvalue weighted by Crippen LogP contribution is 2.25. The van der Waals surface area contributed by atoms with E-state index in [1.165, 1.54) is 0 Å². The van der Waals surface area contributed by atoms with E-state index in [2.05, 4.69) is 22.8 Å². The summed E-state index contributed by atoms with van der Waals surface area (Å²) in [5, 5.41) is 6.56. The maximum absolute atomic E-state index is 13.4. The van der Waals surface area contributed by atoms with Crippen molar-refractivity contribution < 1.29 is 14.3 Å². The molecule has 0 radical (unpaired) electrons. The van der Waals surface area contributed by atoms with E-state index in [1.807, 2.05) is 41.3 Å². The molecule has 6 nitrogen and oxygen atoms in total. The number of benzene rings is 2. The van der Waals surface area contributed by atoms with E-state index >= 15 is 0 Å². The van der Waals surface area contributed by atoms with Gasteiger partial charge in [-0.1, -0.05) is 42.5 Å². The molecule has 0 aliphatic carbocycles. The number of carbonyl (C=O) groups is 2. The Balaban J connectivity index is 0.00000289. The van der Waals surface area contributed by atoms with Crippen molar-refractivity contribution in [1.29, 1.82) is 0 Å². The molecule has 1 saturated heterocycles. The molecule has 4 rings (SSSR count). The zero-order valence-corrected chi connectivity index (χ0v) is 19.2. The molecule has 2 amide bonds. The number of amides is 2. The van der Waals surface area contributed by atoms with Crippen molar-refractivity contribution in [2.24, 2.45) is 0 Å². The molecule has 2 N–H and O–H groups in total. The first kappa shape index (κ1) is 24.2. The van der Waals surface area contributed by atoms with Gasteiger partial charge in [0, 0.05) is 37.7 Å². The van der Waals surface area contributed by atoms with Crippen molar-refractivity contribution in [1.82, 2.24) is 15.5 Å². The van der Waals surface area contributed by atoms with Gasteiger partial charge in [-0.15, -0.1) is 12.4 Å². The molecular weight excluding hydrogens is 426 g/mol. The van der Waals surface area contributed by atoms with E-state index in [9.17, 15) is 9.59 Å². The van der Waals surface area contributed by atoms with Crippen LogP contribution in [-0.4, -0.2) is 42.9 Å². The summed E-state index contributed by atoms with van der Waals surface area (Å²) in [6.45, 7) is 3.86. The van der Waals surface area contributed by atoms with E-state index in [-0.39, 0.29) is 30.3 Å². The third kappa shape index (κ3) is 6.09. The highest BCUT2D eigenvalue weighted by molar-refractivity contribution is 5.96. The Kier molecular flexibility index (Phi) is 9.09. The molecule has 0 aromatic heterocycles. The van der Waals surface area contributed by atoms with Crippen molar-refractivity contribution in [3.05, 3.63) is 70.8 Å². The molecule has 2 aromatic rings. The normalized spacial score (nSPS) is 20.1. The van der Waals surface area contributed by atoms with Crippen molar-refractivity contribution in [3.8, 4) is 0 Å². The summed E-state index contributed by atoms with van der Waals surface area (Å²) >= 11 is 0. The Morgan fingerprint density at radius 2 is 1.75 bits per heavy atom. The summed E-state index contributed by atoms with van der Waals surface area (Å²) in [6.07, 6.45) is 2.98. The molecule has 2 heterocycles. The van der Waals surface area contributed by atoms with Gasteiger partial charge in [0.1, 0.15) is 0 Å². The van der Waals surface area contributed by atoms with Crippen LogP contribution < -0.4 is 10.6 Å². The predicted molar refractivity (Wildman–Crippen MR) is 127 cm³/mol. The largest absolute Gasteiger partial charge is 0.372 e. The molecule has 2 aliphatic heterocycles. The summed E-state index contributed by atoms with van der Waals surface area (Å²) in [4.78, 5) is 27.7. The Hall–Kier alpha value is -2.41. The molecular formula is C25H32ClN3O3. The van der Waals surface area contributed by atoms with Crippen molar-refractivity contribution in [2.45, 2.75) is 44.9 Å². The molecule has 1 fully saturated rings. The minimum absolute atomic E-state index is 0. The number of nitrogens with one attached hydrogen (secondary N) is 2. The number of fused-ring (bicyclic) bond motifs is 1. The van der Waals surface area contributed by atoms with Gasteiger partial charge in [0.25, 0.3) is 5.91 Å². The van der Waals surface area contributed by atoms with Crippen LogP contribution in [0.3, 0.4) is 0 Å². The minimum atomic E-state index is -0.0272. The Morgan fingerprint density at radius 1 is 0.938 bits per heavy atom. The fourth-order valence-corrected chi connectivity index (χ4v) is 4.34. The lowest BCUT2D eigenvalue weighted by Gasteiger charge is -2.24. The highest BCUT2D eigenvalue weighted by Gasteiger charge is 2.23. The molecule has 2 aliphatic rings. The maximum atomic E-state index is 13.4. The van der Waals surface area contributed by atoms with Gasteiger partial charge in [-0.2, -0.15) is 0 Å². The van der Waals surface area contributed by atoms with E-state index in [4.69, 9.17) is 4.74 Å². The lowest BCUT2D eigenvalue weighted by molar-refractivity contribution is -0.121. The van der Waals surface area contributed by atoms with Gasteiger partial charge in [0.2, 0.25) is 5.91 Å². The predicted octanol–water partition coefficient (Wildman–Crippen LogP) is 3.60. The van der Waals surface area contributed by atoms with Crippen LogP contribution in [0.25, 0.3) is 0 Å². The summed E-state index contributed by atoms with van der Waals surface area (Å²) in [5.74, 6) is 0.147. The highest BCUT2D eigenvalue weighted by atomic mass is 35.5. The van der Waals surface area contributed by atoms with Crippen LogP contribution >= 0.6 is 12.4 Å². The first-order valence-electron chi connectivity index (χ1n) is 11.2. The number of carbonyl (C=O) groups excluding carboxylic acids is 2. The number of rotatable bonds is 2. The molecule has 172 valence electrons. The van der Waals surface area contributed by atoms with Crippen LogP contribution in [0.5, 0.6) is 0 Å². The monoisotopic (exact) mass is 457 g/mol. The Labute approximate surface area is 196 Å². The van der Waals surface area contributed by atoms with Gasteiger partial charge >= 0.3 is 0 Å². The summed E-state index contributed by atoms with van der Waals surface area (Å²) < 4.78 is 5.56. The third-order valence-electron chi connectivity index (χ3n) is 6.06. The van der Waals surface area contributed by atoms with E-state index < -0.39 is 0 Å². The van der Waals surface area contributed by atoms with Gasteiger partial charge < -0.3 is 20.3 Å². The first-order chi connectivity index (χ1) is 15.2. The average Bonchev–Trinajstić information content (AvgIpc) is 3.28. The van der Waals surface area contributed by atoms with Crippen molar-refractivity contribution >= 4 is 24.2 Å². The number of ether oxygens (including phenoxy) is 1. The number of hydrogen-bond donors (Lipinski definition) is 2. The maximum Gasteiger partial charge on any atom is 0.254 e. The van der Waals surface area contributed by atoms with Gasteiger partial charge in [-0.3, -0.25) is 9.59 Å². The standard InChI is InChI=1S/C25H31N3O3.ClH/c29-24-16-23(19-8-2-1-3-9-19)26-13-7-15-28(14-5-4-12-27-24)25(30)21-11-6-10-20-17-31-18-22(20)21;/h1-3,6,8-11,23,26H,4-5,7,12-18H2,(H,27,29);1H. The summed E-state index contributed by atoms with van der Waals surface area (Å²) in [6, 6.07) is 16.0. The fourth-order valence-electron chi connectivity index (χ4n) is 4.34. The van der Waals surface area contributed by atoms with Crippen LogP contribution in [0.2, 0.25) is 0 Å². The van der Waals surface area contributed by atoms with Gasteiger partial charge in [0.05, 0.1) is 13.2 Å². The van der Waals surface area contributed by atoms with E-state index in [0.29, 0.717) is 39.3 Å². The Morgan fingerprint density at radius 3 is 2.59 bits per heavy atom. The van der Waals surface area contributed by atoms with Crippen molar-refractivity contribution in [2.75, 3.05) is 26.2 Å². The second-order valence-electron chi connectivity index (χ2n) is 8.26. The summed E-state index contributed by atoms with van der Waals surface area (Å²) in [7, 11) is 0. The lowest BCUT2D eigenvalue weighted by atomic mass is 10.0. The molecule has 0 bridgehead atoms. The van der Waals surface area contributed by atoms with Crippen molar-refractivity contribution in [3.63, 3.8) is 0 Å². The van der Waals surface area contributed by atoms with E-state index in [1.54, 1.807) is 0 Å². The second-order valence-corrected chi connectivity index (χ2v) is 8.26. The van der Waals surface area contributed by atoms with Crippen LogP contribution in [0, 0.1) is 0 Å². The average molecular weight is 458 g/mol. The molecule has 0 spiro atoms. The zero-order chi connectivity index (χ0) is 21.5. The van der Waals surface area contributed by atoms with E-state index in [0.717, 1.165) is 48.1 Å². The summed E-state index contributed by atoms with van der Waals surface area (Å²) in [5.41, 5.74) is 4.03. The molecule has 7 heteroatoms. The number of hydrogen-bond acceptors (Lipinski definition) is 4. The fraction of sp³-hybridized carbons (Fsp3) is 0.440. The third-order valence-corrected chi connectivity index (χ3v) is 6.06. The molecule has 1 atom stereocenters. The minimum Gasteiger partial charge on any atom is -0.372 e. The molecule has 0 saturated carbocycles. The SMILES string of the molecule is Cl.O=C1CC(c2ccccc2)NCCCN(C(=O)c2cccc3c2COC3)CCCCN1. The van der Waals surface area contributed by atoms with Crippen LogP contribution in [0.4, 0.5) is 0 Å². The molecule has 32 heavy (non-hydrogen) atoms. The van der Waals surface area contributed by atoms with Crippen LogP contribution in [0.1, 0.15) is 58.8 Å². The number of halogens is 1. The smallest absolute Gasteiger partial charge is 0.254 e. The Bertz CT molecular complexity index is 907. The quantitative estimate of drug-likeness (QED) is 0.722. The first-order valence-corrected chi connectivity index (χ1v) is 11.2. The molecule has 1 unspecified atom stereocenters. The van der Waals surface area contributed by atoms with Gasteiger partial charge in [0.15, 0.2) is 0 Å². The zero-order valence-electron chi connectivity index (χ0n) is 18.3. The number of nitrogens with zero attached hydrogens (tertiary/aromatic N) is 1. The second kappa shape index (κ2) is 12.0. The van der Waals surface area contributed by atoms with Gasteiger partial charge in [-0.25, -0.2) is 0 Å². The van der Waals surface area contributed by atoms with Crippen LogP contribution in [0.15, 0.2) is 48.5 Å². The topological polar surface area (TPSA) is 70.7 Å². The lowest BCUT2D eigenvalue weighted by Crippen LogP contribution is -2.35. The molecule has 2 aromatic carbocycles.